The molecule has 1 aromatic heterocycles. The minimum Gasteiger partial charge on any atom is -0.480 e. The zero-order valence-electron chi connectivity index (χ0n) is 11.2. The van der Waals surface area contributed by atoms with E-state index in [0.717, 1.165) is 22.7 Å². The van der Waals surface area contributed by atoms with Gasteiger partial charge >= 0.3 is 5.97 Å². The SMILES string of the molecule is O=C(O)[C@H]1CCCCN1C(=O)c1cc2cccc(Br)c2o1. The molecule has 0 unspecified atom stereocenters. The second-order valence-corrected chi connectivity index (χ2v) is 5.97. The second-order valence-electron chi connectivity index (χ2n) is 5.12. The van der Waals surface area contributed by atoms with Crippen LogP contribution in [0.25, 0.3) is 11.0 Å². The van der Waals surface area contributed by atoms with Crippen LogP contribution in [0.1, 0.15) is 29.8 Å². The number of para-hydroxylation sites is 1. The third-order valence-corrected chi connectivity index (χ3v) is 4.38. The molecule has 1 aliphatic rings. The first-order chi connectivity index (χ1) is 10.1. The van der Waals surface area contributed by atoms with Gasteiger partial charge in [0.1, 0.15) is 11.6 Å². The Bertz CT molecular complexity index is 709. The van der Waals surface area contributed by atoms with Crippen molar-refractivity contribution >= 4 is 38.8 Å². The quantitative estimate of drug-likeness (QED) is 0.901. The molecule has 1 aliphatic heterocycles. The van der Waals surface area contributed by atoms with Crippen LogP contribution in [-0.2, 0) is 4.79 Å². The third kappa shape index (κ3) is 2.55. The minimum atomic E-state index is -0.958. The first-order valence-electron chi connectivity index (χ1n) is 6.80. The lowest BCUT2D eigenvalue weighted by Crippen LogP contribution is -2.47. The summed E-state index contributed by atoms with van der Waals surface area (Å²) in [7, 11) is 0. The fourth-order valence-corrected chi connectivity index (χ4v) is 3.17. The number of furan rings is 1. The zero-order chi connectivity index (χ0) is 15.0. The number of fused-ring (bicyclic) bond motifs is 1. The Morgan fingerprint density at radius 3 is 2.86 bits per heavy atom. The van der Waals surface area contributed by atoms with E-state index in [1.165, 1.54) is 4.90 Å². The van der Waals surface area contributed by atoms with Crippen molar-refractivity contribution in [1.29, 1.82) is 0 Å². The number of hydrogen-bond donors (Lipinski definition) is 1. The molecule has 0 radical (unpaired) electrons. The monoisotopic (exact) mass is 351 g/mol. The predicted octanol–water partition coefficient (Wildman–Crippen LogP) is 3.27. The molecule has 2 aromatic rings. The summed E-state index contributed by atoms with van der Waals surface area (Å²) in [6.45, 7) is 0.452. The van der Waals surface area contributed by atoms with E-state index in [4.69, 9.17) is 4.42 Å². The van der Waals surface area contributed by atoms with Crippen LogP contribution in [0, 0.1) is 0 Å². The molecule has 1 amide bonds. The lowest BCUT2D eigenvalue weighted by Gasteiger charge is -2.32. The molecular weight excluding hydrogens is 338 g/mol. The molecule has 0 aliphatic carbocycles. The van der Waals surface area contributed by atoms with Gasteiger partial charge in [-0.05, 0) is 47.3 Å². The Hall–Kier alpha value is -1.82. The molecule has 1 aromatic carbocycles. The first-order valence-corrected chi connectivity index (χ1v) is 7.59. The Morgan fingerprint density at radius 2 is 2.14 bits per heavy atom. The van der Waals surface area contributed by atoms with Crippen molar-refractivity contribution in [2.45, 2.75) is 25.3 Å². The Balaban J connectivity index is 1.95. The molecule has 1 saturated heterocycles. The summed E-state index contributed by atoms with van der Waals surface area (Å²) in [5, 5.41) is 10.1. The van der Waals surface area contributed by atoms with Crippen molar-refractivity contribution < 1.29 is 19.1 Å². The number of rotatable bonds is 2. The van der Waals surface area contributed by atoms with E-state index >= 15 is 0 Å². The molecule has 1 atom stereocenters. The number of piperidine rings is 1. The molecule has 1 fully saturated rings. The van der Waals surface area contributed by atoms with Gasteiger partial charge in [0.05, 0.1) is 4.47 Å². The topological polar surface area (TPSA) is 70.8 Å². The molecule has 2 heterocycles. The van der Waals surface area contributed by atoms with Crippen LogP contribution in [0.3, 0.4) is 0 Å². The number of likely N-dealkylation sites (tertiary alicyclic amines) is 1. The van der Waals surface area contributed by atoms with E-state index in [2.05, 4.69) is 15.9 Å². The number of hydrogen-bond acceptors (Lipinski definition) is 3. The van der Waals surface area contributed by atoms with E-state index in [1.807, 2.05) is 18.2 Å². The highest BCUT2D eigenvalue weighted by molar-refractivity contribution is 9.10. The molecule has 110 valence electrons. The van der Waals surface area contributed by atoms with Gasteiger partial charge in [0.2, 0.25) is 0 Å². The summed E-state index contributed by atoms with van der Waals surface area (Å²) in [5.74, 6) is -1.13. The number of nitrogens with zero attached hydrogens (tertiary/aromatic N) is 1. The molecular formula is C15H14BrNO4. The standard InChI is InChI=1S/C15H14BrNO4/c16-10-5-3-4-9-8-12(21-13(9)10)14(18)17-7-2-1-6-11(17)15(19)20/h3-5,8,11H,1-2,6-7H2,(H,19,20)/t11-/m1/s1. The van der Waals surface area contributed by atoms with E-state index in [1.54, 1.807) is 6.07 Å². The number of carboxylic acid groups (broad SMARTS) is 1. The van der Waals surface area contributed by atoms with Gasteiger partial charge in [0.15, 0.2) is 5.76 Å². The van der Waals surface area contributed by atoms with Gasteiger partial charge in [-0.1, -0.05) is 12.1 Å². The van der Waals surface area contributed by atoms with Crippen molar-refractivity contribution in [3.05, 3.63) is 34.5 Å². The van der Waals surface area contributed by atoms with Crippen LogP contribution in [-0.4, -0.2) is 34.5 Å². The highest BCUT2D eigenvalue weighted by atomic mass is 79.9. The normalized spacial score (nSPS) is 18.9. The van der Waals surface area contributed by atoms with E-state index in [0.29, 0.717) is 18.5 Å². The van der Waals surface area contributed by atoms with E-state index in [-0.39, 0.29) is 11.7 Å². The van der Waals surface area contributed by atoms with Gasteiger partial charge in [-0.15, -0.1) is 0 Å². The summed E-state index contributed by atoms with van der Waals surface area (Å²) in [5.41, 5.74) is 0.602. The fraction of sp³-hybridized carbons (Fsp3) is 0.333. The fourth-order valence-electron chi connectivity index (χ4n) is 2.71. The summed E-state index contributed by atoms with van der Waals surface area (Å²) < 4.78 is 6.38. The highest BCUT2D eigenvalue weighted by Crippen LogP contribution is 2.29. The largest absolute Gasteiger partial charge is 0.480 e. The van der Waals surface area contributed by atoms with Crippen molar-refractivity contribution in [3.8, 4) is 0 Å². The van der Waals surface area contributed by atoms with Crippen LogP contribution < -0.4 is 0 Å². The molecule has 21 heavy (non-hydrogen) atoms. The highest BCUT2D eigenvalue weighted by Gasteiger charge is 2.33. The maximum Gasteiger partial charge on any atom is 0.326 e. The van der Waals surface area contributed by atoms with E-state index < -0.39 is 12.0 Å². The average Bonchev–Trinajstić information content (AvgIpc) is 2.92. The van der Waals surface area contributed by atoms with Crippen LogP contribution in [0.15, 0.2) is 33.2 Å². The molecule has 0 saturated carbocycles. The molecule has 5 nitrogen and oxygen atoms in total. The van der Waals surface area contributed by atoms with Crippen LogP contribution in [0.5, 0.6) is 0 Å². The Morgan fingerprint density at radius 1 is 1.33 bits per heavy atom. The lowest BCUT2D eigenvalue weighted by molar-refractivity contribution is -0.143. The maximum atomic E-state index is 12.5. The molecule has 0 spiro atoms. The number of amides is 1. The third-order valence-electron chi connectivity index (χ3n) is 3.76. The summed E-state index contributed by atoms with van der Waals surface area (Å²) in [4.78, 5) is 25.2. The molecule has 6 heteroatoms. The summed E-state index contributed by atoms with van der Waals surface area (Å²) >= 11 is 3.38. The van der Waals surface area contributed by atoms with Gasteiger partial charge in [-0.25, -0.2) is 4.79 Å². The van der Waals surface area contributed by atoms with Gasteiger partial charge in [0.25, 0.3) is 5.91 Å². The van der Waals surface area contributed by atoms with Crippen molar-refractivity contribution in [2.24, 2.45) is 0 Å². The van der Waals surface area contributed by atoms with Crippen molar-refractivity contribution in [3.63, 3.8) is 0 Å². The summed E-state index contributed by atoms with van der Waals surface area (Å²) in [6, 6.07) is 6.45. The smallest absolute Gasteiger partial charge is 0.326 e. The first kappa shape index (κ1) is 14.1. The Labute approximate surface area is 129 Å². The molecule has 3 rings (SSSR count). The zero-order valence-corrected chi connectivity index (χ0v) is 12.8. The van der Waals surface area contributed by atoms with Gasteiger partial charge in [-0.2, -0.15) is 0 Å². The second kappa shape index (κ2) is 5.52. The summed E-state index contributed by atoms with van der Waals surface area (Å²) in [6.07, 6.45) is 2.14. The van der Waals surface area contributed by atoms with Gasteiger partial charge in [0, 0.05) is 11.9 Å². The molecule has 0 bridgehead atoms. The predicted molar refractivity (Wildman–Crippen MR) is 80.2 cm³/mol. The van der Waals surface area contributed by atoms with Crippen molar-refractivity contribution in [2.75, 3.05) is 6.54 Å². The number of aliphatic carboxylic acids is 1. The number of carbonyl (C=O) groups is 2. The number of benzene rings is 1. The average molecular weight is 352 g/mol. The van der Waals surface area contributed by atoms with Crippen LogP contribution >= 0.6 is 15.9 Å². The van der Waals surface area contributed by atoms with Crippen LogP contribution in [0.2, 0.25) is 0 Å². The lowest BCUT2D eigenvalue weighted by atomic mass is 10.0. The van der Waals surface area contributed by atoms with Gasteiger partial charge < -0.3 is 14.4 Å². The number of halogens is 1. The minimum absolute atomic E-state index is 0.185. The number of carboxylic acids is 1. The van der Waals surface area contributed by atoms with E-state index in [9.17, 15) is 14.7 Å². The van der Waals surface area contributed by atoms with Gasteiger partial charge in [-0.3, -0.25) is 4.79 Å². The van der Waals surface area contributed by atoms with Crippen molar-refractivity contribution in [1.82, 2.24) is 4.90 Å². The maximum absolute atomic E-state index is 12.5. The molecule has 1 N–H and O–H groups in total. The Kier molecular flexibility index (Phi) is 3.71. The van der Waals surface area contributed by atoms with Crippen LogP contribution in [0.4, 0.5) is 0 Å². The number of carbonyl (C=O) groups excluding carboxylic acids is 1.